The predicted molar refractivity (Wildman–Crippen MR) is 68.2 cm³/mol. The molecule has 90 valence electrons. The molecule has 3 N–H and O–H groups in total. The van der Waals surface area contributed by atoms with Gasteiger partial charge in [-0.25, -0.2) is 0 Å². The van der Waals surface area contributed by atoms with Gasteiger partial charge in [0.05, 0.1) is 6.04 Å². The maximum Gasteiger partial charge on any atom is 0.169 e. The van der Waals surface area contributed by atoms with E-state index < -0.39 is 0 Å². The summed E-state index contributed by atoms with van der Waals surface area (Å²) in [4.78, 5) is 0. The van der Waals surface area contributed by atoms with Gasteiger partial charge in [0.25, 0.3) is 0 Å². The second-order valence-corrected chi connectivity index (χ2v) is 5.21. The summed E-state index contributed by atoms with van der Waals surface area (Å²) in [6, 6.07) is 4.65. The smallest absolute Gasteiger partial charge is 0.169 e. The molecule has 0 aliphatic heterocycles. The average Bonchev–Trinajstić information content (AvgIpc) is 2.74. The maximum atomic E-state index is 5.79. The van der Waals surface area contributed by atoms with E-state index in [0.29, 0.717) is 12.6 Å². The molecular weight excluding hydrogens is 268 g/mol. The SMILES string of the molecule is NCC(NC1CCCCC1)c1ccc(Br)o1. The largest absolute Gasteiger partial charge is 0.453 e. The third-order valence-electron chi connectivity index (χ3n) is 3.22. The number of rotatable bonds is 4. The van der Waals surface area contributed by atoms with Crippen LogP contribution in [0.3, 0.4) is 0 Å². The first-order valence-electron chi connectivity index (χ1n) is 6.01. The Morgan fingerprint density at radius 3 is 2.69 bits per heavy atom. The second kappa shape index (κ2) is 5.84. The minimum atomic E-state index is 0.148. The van der Waals surface area contributed by atoms with Crippen molar-refractivity contribution < 1.29 is 4.42 Å². The molecule has 1 unspecified atom stereocenters. The average molecular weight is 287 g/mol. The van der Waals surface area contributed by atoms with Crippen LogP contribution in [0.15, 0.2) is 21.2 Å². The Labute approximate surface area is 105 Å². The molecule has 0 spiro atoms. The summed E-state index contributed by atoms with van der Waals surface area (Å²) in [5.74, 6) is 0.931. The molecule has 1 heterocycles. The molecule has 1 atom stereocenters. The van der Waals surface area contributed by atoms with Crippen molar-refractivity contribution in [3.8, 4) is 0 Å². The van der Waals surface area contributed by atoms with E-state index in [2.05, 4.69) is 21.2 Å². The Hall–Kier alpha value is -0.320. The van der Waals surface area contributed by atoms with Gasteiger partial charge in [-0.05, 0) is 40.9 Å². The summed E-state index contributed by atoms with van der Waals surface area (Å²) < 4.78 is 6.32. The van der Waals surface area contributed by atoms with E-state index in [9.17, 15) is 0 Å². The van der Waals surface area contributed by atoms with Crippen LogP contribution in [0.25, 0.3) is 0 Å². The van der Waals surface area contributed by atoms with Crippen molar-refractivity contribution in [2.75, 3.05) is 6.54 Å². The molecule has 2 rings (SSSR count). The molecule has 1 saturated carbocycles. The molecule has 16 heavy (non-hydrogen) atoms. The van der Waals surface area contributed by atoms with Crippen LogP contribution in [0, 0.1) is 0 Å². The molecule has 0 aromatic carbocycles. The highest BCUT2D eigenvalue weighted by Crippen LogP contribution is 2.23. The lowest BCUT2D eigenvalue weighted by Gasteiger charge is -2.26. The molecule has 1 aliphatic carbocycles. The van der Waals surface area contributed by atoms with Crippen LogP contribution in [0.1, 0.15) is 43.9 Å². The van der Waals surface area contributed by atoms with Crippen molar-refractivity contribution >= 4 is 15.9 Å². The summed E-state index contributed by atoms with van der Waals surface area (Å²) in [6.07, 6.45) is 6.56. The zero-order valence-corrected chi connectivity index (χ0v) is 11.0. The lowest BCUT2D eigenvalue weighted by Crippen LogP contribution is -2.37. The van der Waals surface area contributed by atoms with Gasteiger partial charge in [-0.15, -0.1) is 0 Å². The summed E-state index contributed by atoms with van der Waals surface area (Å²) in [7, 11) is 0. The minimum absolute atomic E-state index is 0.148. The van der Waals surface area contributed by atoms with Gasteiger partial charge in [0.2, 0.25) is 0 Å². The van der Waals surface area contributed by atoms with Crippen molar-refractivity contribution in [2.45, 2.75) is 44.2 Å². The number of furan rings is 1. The van der Waals surface area contributed by atoms with Gasteiger partial charge in [-0.1, -0.05) is 19.3 Å². The number of nitrogens with one attached hydrogen (secondary N) is 1. The molecule has 1 fully saturated rings. The van der Waals surface area contributed by atoms with Crippen LogP contribution >= 0.6 is 15.9 Å². The maximum absolute atomic E-state index is 5.79. The molecular formula is C12H19BrN2O. The van der Waals surface area contributed by atoms with E-state index in [4.69, 9.17) is 10.2 Å². The molecule has 0 saturated heterocycles. The van der Waals surface area contributed by atoms with E-state index in [-0.39, 0.29) is 6.04 Å². The second-order valence-electron chi connectivity index (χ2n) is 4.43. The summed E-state index contributed by atoms with van der Waals surface area (Å²) >= 11 is 3.32. The molecule has 1 aromatic rings. The minimum Gasteiger partial charge on any atom is -0.453 e. The monoisotopic (exact) mass is 286 g/mol. The van der Waals surface area contributed by atoms with Gasteiger partial charge >= 0.3 is 0 Å². The quantitative estimate of drug-likeness (QED) is 0.895. The van der Waals surface area contributed by atoms with E-state index >= 15 is 0 Å². The highest BCUT2D eigenvalue weighted by molar-refractivity contribution is 9.10. The van der Waals surface area contributed by atoms with Crippen LogP contribution in [-0.4, -0.2) is 12.6 Å². The van der Waals surface area contributed by atoms with Gasteiger partial charge in [-0.3, -0.25) is 0 Å². The molecule has 0 bridgehead atoms. The van der Waals surface area contributed by atoms with Crippen molar-refractivity contribution in [1.29, 1.82) is 0 Å². The molecule has 3 nitrogen and oxygen atoms in total. The Morgan fingerprint density at radius 1 is 1.38 bits per heavy atom. The molecule has 0 radical (unpaired) electrons. The zero-order chi connectivity index (χ0) is 11.4. The third kappa shape index (κ3) is 3.09. The predicted octanol–water partition coefficient (Wildman–Crippen LogP) is 2.96. The number of hydrogen-bond acceptors (Lipinski definition) is 3. The molecule has 1 aliphatic rings. The normalized spacial score (nSPS) is 19.9. The standard InChI is InChI=1S/C12H19BrN2O/c13-12-7-6-11(16-12)10(8-14)15-9-4-2-1-3-5-9/h6-7,9-10,15H,1-5,8,14H2. The first-order chi connectivity index (χ1) is 7.79. The van der Waals surface area contributed by atoms with Crippen molar-refractivity contribution in [3.63, 3.8) is 0 Å². The third-order valence-corrected chi connectivity index (χ3v) is 3.64. The van der Waals surface area contributed by atoms with Crippen LogP contribution in [0.5, 0.6) is 0 Å². The Kier molecular flexibility index (Phi) is 4.44. The molecule has 1 aromatic heterocycles. The number of hydrogen-bond donors (Lipinski definition) is 2. The van der Waals surface area contributed by atoms with Gasteiger partial charge in [0, 0.05) is 12.6 Å². The summed E-state index contributed by atoms with van der Waals surface area (Å²) in [6.45, 7) is 0.580. The lowest BCUT2D eigenvalue weighted by molar-refractivity contribution is 0.313. The Morgan fingerprint density at radius 2 is 2.12 bits per heavy atom. The number of nitrogens with two attached hydrogens (primary N) is 1. The fourth-order valence-corrected chi connectivity index (χ4v) is 2.65. The van der Waals surface area contributed by atoms with Crippen molar-refractivity contribution in [3.05, 3.63) is 22.6 Å². The van der Waals surface area contributed by atoms with Gasteiger partial charge in [0.15, 0.2) is 4.67 Å². The van der Waals surface area contributed by atoms with Crippen LogP contribution < -0.4 is 11.1 Å². The highest BCUT2D eigenvalue weighted by Gasteiger charge is 2.20. The van der Waals surface area contributed by atoms with Crippen LogP contribution in [0.2, 0.25) is 0 Å². The highest BCUT2D eigenvalue weighted by atomic mass is 79.9. The topological polar surface area (TPSA) is 51.2 Å². The van der Waals surface area contributed by atoms with Crippen molar-refractivity contribution in [1.82, 2.24) is 5.32 Å². The summed E-state index contributed by atoms with van der Waals surface area (Å²) in [5, 5.41) is 3.60. The zero-order valence-electron chi connectivity index (χ0n) is 9.42. The van der Waals surface area contributed by atoms with E-state index in [0.717, 1.165) is 10.4 Å². The Bertz CT molecular complexity index is 321. The van der Waals surface area contributed by atoms with Crippen LogP contribution in [-0.2, 0) is 0 Å². The molecule has 0 amide bonds. The van der Waals surface area contributed by atoms with Crippen LogP contribution in [0.4, 0.5) is 0 Å². The fraction of sp³-hybridized carbons (Fsp3) is 0.667. The summed E-state index contributed by atoms with van der Waals surface area (Å²) in [5.41, 5.74) is 5.79. The lowest BCUT2D eigenvalue weighted by atomic mass is 9.94. The first kappa shape index (κ1) is 12.1. The fourth-order valence-electron chi connectivity index (χ4n) is 2.34. The Balaban J connectivity index is 1.94. The van der Waals surface area contributed by atoms with E-state index in [1.807, 2.05) is 12.1 Å². The van der Waals surface area contributed by atoms with Gasteiger partial charge < -0.3 is 15.5 Å². The van der Waals surface area contributed by atoms with E-state index in [1.54, 1.807) is 0 Å². The van der Waals surface area contributed by atoms with Crippen molar-refractivity contribution in [2.24, 2.45) is 5.73 Å². The van der Waals surface area contributed by atoms with Gasteiger partial charge in [-0.2, -0.15) is 0 Å². The number of halogens is 1. The van der Waals surface area contributed by atoms with Gasteiger partial charge in [0.1, 0.15) is 5.76 Å². The first-order valence-corrected chi connectivity index (χ1v) is 6.80. The molecule has 4 heteroatoms. The van der Waals surface area contributed by atoms with E-state index in [1.165, 1.54) is 32.1 Å².